The van der Waals surface area contributed by atoms with E-state index in [0.29, 0.717) is 48.3 Å². The normalized spacial score (nSPS) is 16.2. The third-order valence-electron chi connectivity index (χ3n) is 4.66. The van der Waals surface area contributed by atoms with Gasteiger partial charge in [-0.3, -0.25) is 4.79 Å². The number of amides is 1. The highest BCUT2D eigenvalue weighted by atomic mass is 16.7. The van der Waals surface area contributed by atoms with Crippen LogP contribution in [0.2, 0.25) is 0 Å². The number of likely N-dealkylation sites (N-methyl/N-ethyl adjacent to an activating group) is 1. The number of nitrogens with zero attached hydrogens (tertiary/aromatic N) is 1. The van der Waals surface area contributed by atoms with Crippen molar-refractivity contribution < 1.29 is 33.3 Å². The molecule has 8 nitrogen and oxygen atoms in total. The van der Waals surface area contributed by atoms with E-state index in [1.807, 2.05) is 31.2 Å². The number of rotatable bonds is 6. The fraction of sp³-hybridized carbons (Fsp3) is 0.333. The summed E-state index contributed by atoms with van der Waals surface area (Å²) in [6, 6.07) is 12.1. The van der Waals surface area contributed by atoms with Crippen molar-refractivity contribution in [1.82, 2.24) is 4.90 Å². The van der Waals surface area contributed by atoms with E-state index in [1.54, 1.807) is 17.0 Å². The molecule has 0 aliphatic carbocycles. The van der Waals surface area contributed by atoms with Crippen LogP contribution in [0.4, 0.5) is 0 Å². The lowest BCUT2D eigenvalue weighted by Gasteiger charge is -2.30. The zero-order valence-corrected chi connectivity index (χ0v) is 16.0. The molecule has 1 amide bonds. The second-order valence-electron chi connectivity index (χ2n) is 6.57. The van der Waals surface area contributed by atoms with E-state index in [1.165, 1.54) is 6.07 Å². The van der Waals surface area contributed by atoms with Crippen LogP contribution in [0.15, 0.2) is 42.5 Å². The van der Waals surface area contributed by atoms with Gasteiger partial charge in [0.1, 0.15) is 6.61 Å². The summed E-state index contributed by atoms with van der Waals surface area (Å²) in [6.45, 7) is 2.76. The second-order valence-corrected chi connectivity index (χ2v) is 6.57. The van der Waals surface area contributed by atoms with E-state index in [9.17, 15) is 9.59 Å². The van der Waals surface area contributed by atoms with Gasteiger partial charge < -0.3 is 28.6 Å². The summed E-state index contributed by atoms with van der Waals surface area (Å²) in [4.78, 5) is 26.4. The molecule has 0 saturated carbocycles. The molecule has 1 unspecified atom stereocenters. The van der Waals surface area contributed by atoms with Crippen LogP contribution < -0.4 is 18.9 Å². The number of carbonyl (C=O) groups excluding carboxylic acids is 2. The molecule has 0 radical (unpaired) electrons. The lowest BCUT2D eigenvalue weighted by Crippen LogP contribution is -2.45. The number of hydrogen-bond donors (Lipinski definition) is 0. The van der Waals surface area contributed by atoms with E-state index >= 15 is 0 Å². The first-order valence-electron chi connectivity index (χ1n) is 9.37. The second kappa shape index (κ2) is 8.30. The van der Waals surface area contributed by atoms with E-state index in [-0.39, 0.29) is 25.4 Å². The number of esters is 1. The average molecular weight is 399 g/mol. The molecule has 8 heteroatoms. The van der Waals surface area contributed by atoms with Gasteiger partial charge in [0.15, 0.2) is 35.7 Å². The summed E-state index contributed by atoms with van der Waals surface area (Å²) >= 11 is 0. The molecular formula is C21H21NO7. The van der Waals surface area contributed by atoms with Crippen molar-refractivity contribution in [1.29, 1.82) is 0 Å². The molecule has 152 valence electrons. The molecule has 0 aromatic heterocycles. The Morgan fingerprint density at radius 2 is 1.79 bits per heavy atom. The molecule has 2 aromatic carbocycles. The Labute approximate surface area is 167 Å². The van der Waals surface area contributed by atoms with Crippen molar-refractivity contribution in [2.45, 2.75) is 13.0 Å². The fourth-order valence-corrected chi connectivity index (χ4v) is 3.13. The molecule has 0 saturated heterocycles. The summed E-state index contributed by atoms with van der Waals surface area (Å²) in [7, 11) is 0. The van der Waals surface area contributed by atoms with Gasteiger partial charge in [0, 0.05) is 6.54 Å². The smallest absolute Gasteiger partial charge is 0.338 e. The Bertz CT molecular complexity index is 914. The van der Waals surface area contributed by atoms with Crippen molar-refractivity contribution in [3.05, 3.63) is 48.0 Å². The molecule has 2 aliphatic heterocycles. The third kappa shape index (κ3) is 4.21. The maximum Gasteiger partial charge on any atom is 0.338 e. The van der Waals surface area contributed by atoms with Crippen LogP contribution in [0.1, 0.15) is 17.3 Å². The Hall–Kier alpha value is -3.42. The molecule has 29 heavy (non-hydrogen) atoms. The van der Waals surface area contributed by atoms with Gasteiger partial charge in [-0.05, 0) is 37.3 Å². The summed E-state index contributed by atoms with van der Waals surface area (Å²) in [5.41, 5.74) is 0.297. The Morgan fingerprint density at radius 3 is 2.62 bits per heavy atom. The van der Waals surface area contributed by atoms with Gasteiger partial charge in [0.2, 0.25) is 6.79 Å². The van der Waals surface area contributed by atoms with Crippen molar-refractivity contribution in [2.75, 3.05) is 33.1 Å². The topological polar surface area (TPSA) is 83.5 Å². The number of ether oxygens (including phenoxy) is 5. The van der Waals surface area contributed by atoms with Gasteiger partial charge in [0.25, 0.3) is 5.91 Å². The standard InChI is InChI=1S/C21H21NO7/c1-2-22(10-15-11-25-16-5-3-4-6-18(16)29-15)20(23)12-26-21(24)14-7-8-17-19(9-14)28-13-27-17/h3-9,15H,2,10-13H2,1H3. The lowest BCUT2D eigenvalue weighted by molar-refractivity contribution is -0.135. The van der Waals surface area contributed by atoms with Gasteiger partial charge in [0.05, 0.1) is 12.1 Å². The summed E-state index contributed by atoms with van der Waals surface area (Å²) in [5.74, 6) is 1.50. The number of benzene rings is 2. The number of fused-ring (bicyclic) bond motifs is 2. The monoisotopic (exact) mass is 399 g/mol. The van der Waals surface area contributed by atoms with E-state index < -0.39 is 5.97 Å². The molecule has 0 fully saturated rings. The predicted octanol–water partition coefficient (Wildman–Crippen LogP) is 2.26. The number of para-hydroxylation sites is 2. The Kier molecular flexibility index (Phi) is 5.41. The summed E-state index contributed by atoms with van der Waals surface area (Å²) < 4.78 is 27.2. The summed E-state index contributed by atoms with van der Waals surface area (Å²) in [5, 5.41) is 0. The molecule has 4 rings (SSSR count). The van der Waals surface area contributed by atoms with Crippen LogP contribution in [-0.4, -0.2) is 56.0 Å². The van der Waals surface area contributed by atoms with Crippen LogP contribution in [0.25, 0.3) is 0 Å². The molecular weight excluding hydrogens is 378 g/mol. The lowest BCUT2D eigenvalue weighted by atomic mass is 10.2. The zero-order chi connectivity index (χ0) is 20.2. The van der Waals surface area contributed by atoms with Crippen molar-refractivity contribution in [3.8, 4) is 23.0 Å². The van der Waals surface area contributed by atoms with Crippen LogP contribution >= 0.6 is 0 Å². The molecule has 0 spiro atoms. The molecule has 2 aromatic rings. The highest BCUT2D eigenvalue weighted by Gasteiger charge is 2.25. The first-order valence-corrected chi connectivity index (χ1v) is 9.37. The minimum Gasteiger partial charge on any atom is -0.486 e. The van der Waals surface area contributed by atoms with Crippen LogP contribution in [0.3, 0.4) is 0 Å². The fourth-order valence-electron chi connectivity index (χ4n) is 3.13. The molecule has 0 bridgehead atoms. The maximum atomic E-state index is 12.5. The largest absolute Gasteiger partial charge is 0.486 e. The quantitative estimate of drug-likeness (QED) is 0.689. The molecule has 2 aliphatic rings. The van der Waals surface area contributed by atoms with Crippen molar-refractivity contribution >= 4 is 11.9 Å². The number of carbonyl (C=O) groups is 2. The van der Waals surface area contributed by atoms with E-state index in [0.717, 1.165) is 0 Å². The Balaban J connectivity index is 1.30. The van der Waals surface area contributed by atoms with Crippen LogP contribution in [-0.2, 0) is 9.53 Å². The van der Waals surface area contributed by atoms with Gasteiger partial charge in [-0.2, -0.15) is 0 Å². The minimum atomic E-state index is -0.598. The highest BCUT2D eigenvalue weighted by Crippen LogP contribution is 2.33. The van der Waals surface area contributed by atoms with Gasteiger partial charge in [-0.25, -0.2) is 4.79 Å². The van der Waals surface area contributed by atoms with Crippen LogP contribution in [0, 0.1) is 0 Å². The molecule has 0 N–H and O–H groups in total. The van der Waals surface area contributed by atoms with Crippen molar-refractivity contribution in [2.24, 2.45) is 0 Å². The molecule has 2 heterocycles. The zero-order valence-electron chi connectivity index (χ0n) is 16.0. The summed E-state index contributed by atoms with van der Waals surface area (Å²) in [6.07, 6.45) is -0.293. The minimum absolute atomic E-state index is 0.120. The highest BCUT2D eigenvalue weighted by molar-refractivity contribution is 5.92. The van der Waals surface area contributed by atoms with E-state index in [2.05, 4.69) is 0 Å². The first kappa shape index (κ1) is 18.9. The predicted molar refractivity (Wildman–Crippen MR) is 101 cm³/mol. The van der Waals surface area contributed by atoms with Gasteiger partial charge in [-0.15, -0.1) is 0 Å². The maximum absolute atomic E-state index is 12.5. The number of hydrogen-bond acceptors (Lipinski definition) is 7. The van der Waals surface area contributed by atoms with Crippen molar-refractivity contribution in [3.63, 3.8) is 0 Å². The average Bonchev–Trinajstić information content (AvgIpc) is 3.23. The molecule has 1 atom stereocenters. The van der Waals surface area contributed by atoms with Gasteiger partial charge in [-0.1, -0.05) is 12.1 Å². The first-order chi connectivity index (χ1) is 14.1. The van der Waals surface area contributed by atoms with E-state index in [4.69, 9.17) is 23.7 Å². The van der Waals surface area contributed by atoms with Gasteiger partial charge >= 0.3 is 5.97 Å². The van der Waals surface area contributed by atoms with Crippen LogP contribution in [0.5, 0.6) is 23.0 Å². The SMILES string of the molecule is CCN(CC1COc2ccccc2O1)C(=O)COC(=O)c1ccc2c(c1)OCO2. The Morgan fingerprint density at radius 1 is 1.03 bits per heavy atom. The third-order valence-corrected chi connectivity index (χ3v) is 4.66.